The third-order valence-electron chi connectivity index (χ3n) is 4.48. The molecule has 0 aromatic rings. The Hall–Kier alpha value is -2.64. The van der Waals surface area contributed by atoms with Crippen molar-refractivity contribution in [3.8, 4) is 0 Å². The molecule has 36 heavy (non-hydrogen) atoms. The van der Waals surface area contributed by atoms with E-state index in [0.717, 1.165) is 0 Å². The van der Waals surface area contributed by atoms with E-state index in [1.165, 1.54) is 0 Å². The molecule has 5 atom stereocenters. The van der Waals surface area contributed by atoms with Gasteiger partial charge in [-0.2, -0.15) is 34.2 Å². The Morgan fingerprint density at radius 3 is 1.89 bits per heavy atom. The maximum atomic E-state index is 12.5. The van der Waals surface area contributed by atoms with Crippen LogP contribution in [0.15, 0.2) is 0 Å². The number of aliphatic carboxylic acids is 3. The SMILES string of the molecule is CC[C@H](C)[C@@H](NC(=O)[C@H](S)[C@H]([NH3+])CCS(=O)(=O)O)C(=O)N[C@@H](CC(=O)O)C(=O)O.O=C([O-])C(F)(F)F. The second-order valence-electron chi connectivity index (χ2n) is 7.43. The van der Waals surface area contributed by atoms with E-state index in [0.29, 0.717) is 6.42 Å². The molecule has 0 fully saturated rings. The quantitative estimate of drug-likeness (QED) is 0.0868. The molecule has 19 heteroatoms. The molecular weight excluding hydrogens is 543 g/mol. The van der Waals surface area contributed by atoms with E-state index < -0.39 is 87.5 Å². The highest BCUT2D eigenvalue weighted by atomic mass is 32.2. The van der Waals surface area contributed by atoms with Gasteiger partial charge in [-0.3, -0.25) is 18.9 Å². The third-order valence-corrected chi connectivity index (χ3v) is 5.89. The molecule has 0 heterocycles. The highest BCUT2D eigenvalue weighted by molar-refractivity contribution is 7.85. The predicted octanol–water partition coefficient (Wildman–Crippen LogP) is -2.95. The number of carboxylic acid groups (broad SMARTS) is 3. The first kappa shape index (κ1) is 35.5. The zero-order chi connectivity index (χ0) is 29.0. The summed E-state index contributed by atoms with van der Waals surface area (Å²) in [6.45, 7) is 3.36. The van der Waals surface area contributed by atoms with Gasteiger partial charge in [-0.05, 0) is 5.92 Å². The van der Waals surface area contributed by atoms with E-state index in [1.54, 1.807) is 13.8 Å². The summed E-state index contributed by atoms with van der Waals surface area (Å²) in [7, 11) is -4.24. The van der Waals surface area contributed by atoms with Crippen molar-refractivity contribution in [1.82, 2.24) is 10.6 Å². The first-order valence-corrected chi connectivity index (χ1v) is 12.1. The molecule has 0 aliphatic carbocycles. The van der Waals surface area contributed by atoms with Crippen LogP contribution < -0.4 is 21.5 Å². The molecule has 0 spiro atoms. The highest BCUT2D eigenvalue weighted by Crippen LogP contribution is 2.12. The van der Waals surface area contributed by atoms with Crippen LogP contribution in [0.5, 0.6) is 0 Å². The maximum absolute atomic E-state index is 12.5. The van der Waals surface area contributed by atoms with Crippen LogP contribution >= 0.6 is 12.6 Å². The summed E-state index contributed by atoms with van der Waals surface area (Å²) in [5, 5.41) is 30.0. The number of halogens is 3. The van der Waals surface area contributed by atoms with Crippen molar-refractivity contribution >= 4 is 52.5 Å². The standard InChI is InChI=1S/C15H27N3O9S2.C2HF3O2/c1-3-7(2)11(13(21)17-9(15(23)24)6-10(19)20)18-14(22)12(28)8(16)4-5-29(25,26)27;3-2(4,5)1(6)7/h7-9,11-12,28H,3-6,16H2,1-2H3,(H,17,21)(H,18,22)(H,19,20)(H,23,24)(H,25,26,27);(H,6,7)/t7-,8+,9-,11+,12+;/m0./s1. The van der Waals surface area contributed by atoms with Crippen LogP contribution in [-0.4, -0.2) is 88.2 Å². The van der Waals surface area contributed by atoms with Crippen molar-refractivity contribution in [2.45, 2.75) is 62.7 Å². The lowest BCUT2D eigenvalue weighted by atomic mass is 9.97. The van der Waals surface area contributed by atoms with Crippen molar-refractivity contribution in [3.63, 3.8) is 0 Å². The minimum absolute atomic E-state index is 0.152. The number of carbonyl (C=O) groups excluding carboxylic acids is 3. The zero-order valence-corrected chi connectivity index (χ0v) is 20.7. The van der Waals surface area contributed by atoms with E-state index in [-0.39, 0.29) is 6.42 Å². The Labute approximate surface area is 208 Å². The molecule has 14 nitrogen and oxygen atoms in total. The van der Waals surface area contributed by atoms with Gasteiger partial charge in [0, 0.05) is 6.42 Å². The maximum Gasteiger partial charge on any atom is 0.430 e. The molecule has 0 aliphatic heterocycles. The summed E-state index contributed by atoms with van der Waals surface area (Å²) in [5.74, 6) is -8.63. The topological polar surface area (TPSA) is 255 Å². The van der Waals surface area contributed by atoms with E-state index in [4.69, 9.17) is 24.7 Å². The van der Waals surface area contributed by atoms with Crippen molar-refractivity contribution < 1.29 is 71.2 Å². The number of quaternary nitrogens is 1. The number of amides is 2. The average molecular weight is 572 g/mol. The van der Waals surface area contributed by atoms with Gasteiger partial charge in [0.25, 0.3) is 10.1 Å². The van der Waals surface area contributed by atoms with Crippen molar-refractivity contribution in [2.24, 2.45) is 5.92 Å². The van der Waals surface area contributed by atoms with Crippen LogP contribution in [0.2, 0.25) is 0 Å². The van der Waals surface area contributed by atoms with Gasteiger partial charge in [0.15, 0.2) is 0 Å². The number of thiol groups is 1. The molecular formula is C17H28F3N3O11S2. The lowest BCUT2D eigenvalue weighted by Crippen LogP contribution is -2.68. The van der Waals surface area contributed by atoms with Gasteiger partial charge in [-0.25, -0.2) is 4.79 Å². The lowest BCUT2D eigenvalue weighted by Gasteiger charge is -2.26. The average Bonchev–Trinajstić information content (AvgIpc) is 2.72. The van der Waals surface area contributed by atoms with E-state index in [1.807, 2.05) is 0 Å². The summed E-state index contributed by atoms with van der Waals surface area (Å²) in [6, 6.07) is -3.66. The third kappa shape index (κ3) is 15.4. The summed E-state index contributed by atoms with van der Waals surface area (Å²) >= 11 is 4.08. The van der Waals surface area contributed by atoms with Crippen molar-refractivity contribution in [1.29, 1.82) is 0 Å². The van der Waals surface area contributed by atoms with Crippen molar-refractivity contribution in [2.75, 3.05) is 5.75 Å². The Balaban J connectivity index is 0. The molecule has 0 radical (unpaired) electrons. The Kier molecular flexibility index (Phi) is 15.3. The van der Waals surface area contributed by atoms with Gasteiger partial charge >= 0.3 is 18.1 Å². The fraction of sp³-hybridized carbons (Fsp3) is 0.706. The molecule has 0 rings (SSSR count). The van der Waals surface area contributed by atoms with Gasteiger partial charge in [-0.1, -0.05) is 20.3 Å². The molecule has 0 saturated carbocycles. The number of carbonyl (C=O) groups is 5. The van der Waals surface area contributed by atoms with Gasteiger partial charge in [0.2, 0.25) is 11.8 Å². The predicted molar refractivity (Wildman–Crippen MR) is 115 cm³/mol. The zero-order valence-electron chi connectivity index (χ0n) is 19.0. The summed E-state index contributed by atoms with van der Waals surface area (Å²) in [5.41, 5.74) is 3.63. The highest BCUT2D eigenvalue weighted by Gasteiger charge is 2.34. The molecule has 0 saturated heterocycles. The first-order valence-electron chi connectivity index (χ1n) is 9.93. The fourth-order valence-corrected chi connectivity index (χ4v) is 3.07. The van der Waals surface area contributed by atoms with E-state index in [2.05, 4.69) is 29.0 Å². The van der Waals surface area contributed by atoms with E-state index in [9.17, 15) is 40.8 Å². The molecule has 2 amide bonds. The normalized spacial score (nSPS) is 15.7. The molecule has 0 unspecified atom stereocenters. The largest absolute Gasteiger partial charge is 0.542 e. The summed E-state index contributed by atoms with van der Waals surface area (Å²) in [6.07, 6.45) is -5.75. The Bertz CT molecular complexity index is 900. The van der Waals surface area contributed by atoms with Gasteiger partial charge in [0.1, 0.15) is 29.3 Å². The minimum Gasteiger partial charge on any atom is -0.542 e. The number of alkyl halides is 3. The first-order chi connectivity index (χ1) is 16.1. The number of rotatable bonds is 13. The summed E-state index contributed by atoms with van der Waals surface area (Å²) in [4.78, 5) is 55.6. The van der Waals surface area contributed by atoms with Crippen LogP contribution in [0.3, 0.4) is 0 Å². The smallest absolute Gasteiger partial charge is 0.430 e. The van der Waals surface area contributed by atoms with Gasteiger partial charge < -0.3 is 36.5 Å². The Morgan fingerprint density at radius 1 is 1.08 bits per heavy atom. The molecule has 0 aromatic heterocycles. The Morgan fingerprint density at radius 2 is 1.56 bits per heavy atom. The summed E-state index contributed by atoms with van der Waals surface area (Å²) < 4.78 is 62.0. The lowest BCUT2D eigenvalue weighted by molar-refractivity contribution is -0.416. The minimum atomic E-state index is -5.19. The van der Waals surface area contributed by atoms with Crippen LogP contribution in [0, 0.1) is 5.92 Å². The molecule has 210 valence electrons. The monoisotopic (exact) mass is 571 g/mol. The molecule has 0 aromatic carbocycles. The van der Waals surface area contributed by atoms with Crippen LogP contribution in [0.4, 0.5) is 13.2 Å². The van der Waals surface area contributed by atoms with E-state index >= 15 is 0 Å². The number of carboxylic acids is 3. The molecule has 8 N–H and O–H groups in total. The van der Waals surface area contributed by atoms with Crippen LogP contribution in [0.25, 0.3) is 0 Å². The number of nitrogens with one attached hydrogen (secondary N) is 2. The number of hydrogen-bond acceptors (Lipinski definition) is 9. The fourth-order valence-electron chi connectivity index (χ4n) is 2.25. The second-order valence-corrected chi connectivity index (χ2v) is 9.56. The van der Waals surface area contributed by atoms with Crippen molar-refractivity contribution in [3.05, 3.63) is 0 Å². The molecule has 0 aliphatic rings. The van der Waals surface area contributed by atoms with Crippen LogP contribution in [-0.2, 0) is 34.1 Å². The second kappa shape index (κ2) is 15.5. The number of hydrogen-bond donors (Lipinski definition) is 7. The van der Waals surface area contributed by atoms with Gasteiger partial charge in [0.05, 0.1) is 12.2 Å². The van der Waals surface area contributed by atoms with Crippen LogP contribution in [0.1, 0.15) is 33.1 Å². The molecule has 0 bridgehead atoms. The van der Waals surface area contributed by atoms with Gasteiger partial charge in [-0.15, -0.1) is 0 Å².